The third kappa shape index (κ3) is 3.00. The quantitative estimate of drug-likeness (QED) is 0.834. The van der Waals surface area contributed by atoms with Gasteiger partial charge in [0.25, 0.3) is 5.91 Å². The lowest BCUT2D eigenvalue weighted by molar-refractivity contribution is -0.118. The number of aromatic amines is 1. The molecule has 6 heteroatoms. The summed E-state index contributed by atoms with van der Waals surface area (Å²) in [4.78, 5) is 27.4. The van der Waals surface area contributed by atoms with Gasteiger partial charge in [0.15, 0.2) is 5.69 Å². The van der Waals surface area contributed by atoms with Gasteiger partial charge in [0.2, 0.25) is 5.91 Å². The first kappa shape index (κ1) is 16.8. The largest absolute Gasteiger partial charge is 0.339 e. The van der Waals surface area contributed by atoms with Gasteiger partial charge in [0, 0.05) is 23.0 Å². The third-order valence-electron chi connectivity index (χ3n) is 5.41. The summed E-state index contributed by atoms with van der Waals surface area (Å²) < 4.78 is 0. The van der Waals surface area contributed by atoms with E-state index in [4.69, 9.17) is 0 Å². The predicted molar refractivity (Wildman–Crippen MR) is 99.1 cm³/mol. The Bertz CT molecular complexity index is 814. The van der Waals surface area contributed by atoms with Crippen molar-refractivity contribution in [3.05, 3.63) is 47.3 Å². The van der Waals surface area contributed by atoms with E-state index in [1.165, 1.54) is 6.42 Å². The normalized spacial score (nSPS) is 22.8. The highest BCUT2D eigenvalue weighted by Gasteiger charge is 2.39. The van der Waals surface area contributed by atoms with Crippen molar-refractivity contribution in [2.45, 2.75) is 57.5 Å². The molecule has 2 aromatic rings. The van der Waals surface area contributed by atoms with E-state index in [2.05, 4.69) is 15.5 Å². The molecule has 1 aromatic heterocycles. The van der Waals surface area contributed by atoms with Crippen LogP contribution in [0.1, 0.15) is 54.4 Å². The first-order chi connectivity index (χ1) is 12.6. The van der Waals surface area contributed by atoms with Crippen LogP contribution in [0.3, 0.4) is 0 Å². The molecule has 0 spiro atoms. The van der Waals surface area contributed by atoms with Crippen LogP contribution in [0.2, 0.25) is 0 Å². The number of fused-ring (bicyclic) bond motifs is 1. The van der Waals surface area contributed by atoms with E-state index in [0.717, 1.165) is 42.6 Å². The lowest BCUT2D eigenvalue weighted by Crippen LogP contribution is -2.42. The molecule has 2 amide bonds. The van der Waals surface area contributed by atoms with E-state index in [1.807, 2.05) is 37.3 Å². The second-order valence-electron chi connectivity index (χ2n) is 7.24. The van der Waals surface area contributed by atoms with E-state index >= 15 is 0 Å². The Hall–Kier alpha value is -2.63. The first-order valence-corrected chi connectivity index (χ1v) is 9.40. The zero-order valence-corrected chi connectivity index (χ0v) is 15.0. The van der Waals surface area contributed by atoms with Crippen molar-refractivity contribution in [1.29, 1.82) is 0 Å². The molecular formula is C20H24N4O2. The van der Waals surface area contributed by atoms with Gasteiger partial charge in [0.1, 0.15) is 6.04 Å². The number of hydrogen-bond donors (Lipinski definition) is 2. The summed E-state index contributed by atoms with van der Waals surface area (Å²) in [5.74, 6) is -0.302. The molecule has 1 aliphatic carbocycles. The average Bonchev–Trinajstić information content (AvgIpc) is 3.06. The maximum Gasteiger partial charge on any atom is 0.272 e. The lowest BCUT2D eigenvalue weighted by atomic mass is 10.1. The number of carbonyl (C=O) groups is 2. The molecule has 2 unspecified atom stereocenters. The minimum Gasteiger partial charge on any atom is -0.339 e. The number of aromatic nitrogens is 2. The van der Waals surface area contributed by atoms with Crippen LogP contribution in [-0.4, -0.2) is 34.1 Å². The van der Waals surface area contributed by atoms with Crippen molar-refractivity contribution >= 4 is 17.5 Å². The Labute approximate surface area is 153 Å². The van der Waals surface area contributed by atoms with Gasteiger partial charge in [-0.2, -0.15) is 5.10 Å². The van der Waals surface area contributed by atoms with Crippen LogP contribution in [0, 0.1) is 0 Å². The highest BCUT2D eigenvalue weighted by atomic mass is 16.2. The Morgan fingerprint density at radius 2 is 1.96 bits per heavy atom. The van der Waals surface area contributed by atoms with Gasteiger partial charge >= 0.3 is 0 Å². The van der Waals surface area contributed by atoms with Crippen molar-refractivity contribution in [3.8, 4) is 0 Å². The highest BCUT2D eigenvalue weighted by molar-refractivity contribution is 6.04. The molecule has 2 heterocycles. The molecule has 6 nitrogen and oxygen atoms in total. The number of carbonyl (C=O) groups excluding carboxylic acids is 2. The lowest BCUT2D eigenvalue weighted by Gasteiger charge is -2.21. The molecular weight excluding hydrogens is 328 g/mol. The second kappa shape index (κ2) is 6.94. The molecule has 0 radical (unpaired) electrons. The number of aryl methyl sites for hydroxylation is 1. The van der Waals surface area contributed by atoms with Gasteiger partial charge < -0.3 is 10.2 Å². The van der Waals surface area contributed by atoms with Crippen LogP contribution in [0.15, 0.2) is 30.3 Å². The van der Waals surface area contributed by atoms with Gasteiger partial charge in [-0.05, 0) is 51.2 Å². The number of hydrogen-bond acceptors (Lipinski definition) is 3. The van der Waals surface area contributed by atoms with Crippen LogP contribution in [0.5, 0.6) is 0 Å². The molecule has 0 saturated carbocycles. The summed E-state index contributed by atoms with van der Waals surface area (Å²) in [6, 6.07) is 9.15. The summed E-state index contributed by atoms with van der Waals surface area (Å²) in [7, 11) is 0. The molecule has 2 atom stereocenters. The molecule has 2 N–H and O–H groups in total. The minimum absolute atomic E-state index is 0.0477. The Balaban J connectivity index is 1.50. The van der Waals surface area contributed by atoms with Gasteiger partial charge in [-0.25, -0.2) is 0 Å². The second-order valence-corrected chi connectivity index (χ2v) is 7.24. The number of anilines is 1. The Morgan fingerprint density at radius 3 is 2.77 bits per heavy atom. The Morgan fingerprint density at radius 1 is 1.19 bits per heavy atom. The van der Waals surface area contributed by atoms with Crippen LogP contribution < -0.4 is 10.2 Å². The fraction of sp³-hybridized carbons (Fsp3) is 0.450. The molecule has 136 valence electrons. The fourth-order valence-corrected chi connectivity index (χ4v) is 4.10. The monoisotopic (exact) mass is 352 g/mol. The van der Waals surface area contributed by atoms with Crippen molar-refractivity contribution in [2.24, 2.45) is 0 Å². The van der Waals surface area contributed by atoms with E-state index in [0.29, 0.717) is 12.1 Å². The molecule has 1 fully saturated rings. The molecule has 26 heavy (non-hydrogen) atoms. The van der Waals surface area contributed by atoms with Gasteiger partial charge in [-0.1, -0.05) is 24.6 Å². The number of nitrogens with zero attached hydrogens (tertiary/aromatic N) is 2. The van der Waals surface area contributed by atoms with E-state index in [9.17, 15) is 9.59 Å². The number of rotatable bonds is 3. The van der Waals surface area contributed by atoms with Gasteiger partial charge in [0.05, 0.1) is 0 Å². The van der Waals surface area contributed by atoms with Gasteiger partial charge in [-0.15, -0.1) is 0 Å². The third-order valence-corrected chi connectivity index (χ3v) is 5.41. The van der Waals surface area contributed by atoms with Crippen LogP contribution in [0.25, 0.3) is 0 Å². The van der Waals surface area contributed by atoms with Gasteiger partial charge in [-0.3, -0.25) is 14.7 Å². The summed E-state index contributed by atoms with van der Waals surface area (Å²) in [5, 5.41) is 10.2. The number of nitrogens with one attached hydrogen (secondary N) is 2. The SMILES string of the molecule is CC1CC(NC(=O)c2n[nH]c3c2CCCCC3)C(=O)N1c1ccccc1. The summed E-state index contributed by atoms with van der Waals surface area (Å²) in [6.45, 7) is 2.01. The molecule has 0 bridgehead atoms. The van der Waals surface area contributed by atoms with Crippen LogP contribution >= 0.6 is 0 Å². The zero-order valence-electron chi connectivity index (χ0n) is 15.0. The summed E-state index contributed by atoms with van der Waals surface area (Å²) >= 11 is 0. The predicted octanol–water partition coefficient (Wildman–Crippen LogP) is 2.60. The van der Waals surface area contributed by atoms with Crippen molar-refractivity contribution in [3.63, 3.8) is 0 Å². The summed E-state index contributed by atoms with van der Waals surface area (Å²) in [5.41, 5.74) is 3.43. The first-order valence-electron chi connectivity index (χ1n) is 9.40. The average molecular weight is 352 g/mol. The highest BCUT2D eigenvalue weighted by Crippen LogP contribution is 2.27. The van der Waals surface area contributed by atoms with E-state index < -0.39 is 6.04 Å². The minimum atomic E-state index is -0.504. The number of amides is 2. The molecule has 1 saturated heterocycles. The number of para-hydroxylation sites is 1. The van der Waals surface area contributed by atoms with Crippen molar-refractivity contribution < 1.29 is 9.59 Å². The van der Waals surface area contributed by atoms with Crippen molar-refractivity contribution in [1.82, 2.24) is 15.5 Å². The maximum atomic E-state index is 12.8. The molecule has 2 aliphatic rings. The standard InChI is InChI=1S/C20H24N4O2/c1-13-12-17(20(26)24(13)14-8-4-2-5-9-14)21-19(25)18-15-10-6-3-7-11-16(15)22-23-18/h2,4-5,8-9,13,17H,3,6-7,10-12H2,1H3,(H,21,25)(H,22,23). The van der Waals surface area contributed by atoms with Crippen LogP contribution in [0.4, 0.5) is 5.69 Å². The van der Waals surface area contributed by atoms with E-state index in [-0.39, 0.29) is 17.9 Å². The topological polar surface area (TPSA) is 78.1 Å². The molecule has 4 rings (SSSR count). The maximum absolute atomic E-state index is 12.8. The molecule has 1 aromatic carbocycles. The van der Waals surface area contributed by atoms with E-state index in [1.54, 1.807) is 4.90 Å². The summed E-state index contributed by atoms with van der Waals surface area (Å²) in [6.07, 6.45) is 5.80. The zero-order chi connectivity index (χ0) is 18.1. The van der Waals surface area contributed by atoms with Crippen molar-refractivity contribution in [2.75, 3.05) is 4.90 Å². The Kier molecular flexibility index (Phi) is 4.49. The number of H-pyrrole nitrogens is 1. The van der Waals surface area contributed by atoms with Crippen LogP contribution in [-0.2, 0) is 17.6 Å². The fourth-order valence-electron chi connectivity index (χ4n) is 4.10. The smallest absolute Gasteiger partial charge is 0.272 e. The number of benzene rings is 1. The molecule has 1 aliphatic heterocycles.